The van der Waals surface area contributed by atoms with Crippen LogP contribution in [0.1, 0.15) is 5.69 Å². The van der Waals surface area contributed by atoms with Crippen LogP contribution in [0.25, 0.3) is 10.9 Å². The van der Waals surface area contributed by atoms with Crippen molar-refractivity contribution < 1.29 is 14.5 Å². The molecule has 0 unspecified atom stereocenters. The highest BCUT2D eigenvalue weighted by atomic mass is 16.6. The van der Waals surface area contributed by atoms with Crippen molar-refractivity contribution in [3.63, 3.8) is 0 Å². The third kappa shape index (κ3) is 5.10. The monoisotopic (exact) mass is 445 g/mol. The summed E-state index contributed by atoms with van der Waals surface area (Å²) >= 11 is 0. The van der Waals surface area contributed by atoms with E-state index in [1.165, 1.54) is 0 Å². The van der Waals surface area contributed by atoms with Crippen LogP contribution in [0, 0.1) is 17.0 Å². The lowest BCUT2D eigenvalue weighted by Crippen LogP contribution is -2.34. The first kappa shape index (κ1) is 21.4. The normalized spacial score (nSPS) is 10.5. The van der Waals surface area contributed by atoms with E-state index in [4.69, 9.17) is 4.74 Å². The first-order valence-electron chi connectivity index (χ1n) is 9.87. The Labute approximate surface area is 188 Å². The number of nitrogens with zero attached hydrogens (tertiary/aromatic N) is 4. The van der Waals surface area contributed by atoms with Gasteiger partial charge in [0.1, 0.15) is 12.1 Å². The van der Waals surface area contributed by atoms with Gasteiger partial charge in [-0.2, -0.15) is 0 Å². The number of hydrazine groups is 1. The van der Waals surface area contributed by atoms with Gasteiger partial charge in [-0.25, -0.2) is 9.97 Å². The highest BCUT2D eigenvalue weighted by Gasteiger charge is 2.24. The molecule has 2 aromatic carbocycles. The van der Waals surface area contributed by atoms with E-state index in [1.54, 1.807) is 36.4 Å². The van der Waals surface area contributed by atoms with Crippen LogP contribution < -0.4 is 20.9 Å². The molecule has 4 aromatic rings. The number of nitrogens with one attached hydrogen (secondary N) is 3. The third-order valence-corrected chi connectivity index (χ3v) is 4.55. The van der Waals surface area contributed by atoms with Gasteiger partial charge in [-0.1, -0.05) is 36.4 Å². The third-order valence-electron chi connectivity index (χ3n) is 4.55. The number of carbonyl (C=O) groups excluding carboxylic acids is 1. The largest absolute Gasteiger partial charge is 0.484 e. The van der Waals surface area contributed by atoms with Crippen LogP contribution in [-0.4, -0.2) is 32.4 Å². The second kappa shape index (κ2) is 9.56. The number of ether oxygens (including phenoxy) is 1. The number of anilines is 3. The lowest BCUT2D eigenvalue weighted by atomic mass is 10.1. The molecule has 0 saturated carbocycles. The van der Waals surface area contributed by atoms with Crippen LogP contribution in [0.2, 0.25) is 0 Å². The Morgan fingerprint density at radius 3 is 2.61 bits per heavy atom. The number of aryl methyl sites for hydroxylation is 1. The van der Waals surface area contributed by atoms with Crippen molar-refractivity contribution >= 4 is 39.8 Å². The number of amides is 1. The maximum atomic E-state index is 12.1. The number of benzene rings is 2. The molecule has 2 aromatic heterocycles. The van der Waals surface area contributed by atoms with E-state index in [-0.39, 0.29) is 18.2 Å². The summed E-state index contributed by atoms with van der Waals surface area (Å²) in [6.45, 7) is 1.57. The molecular weight excluding hydrogens is 426 g/mol. The molecule has 0 fully saturated rings. The van der Waals surface area contributed by atoms with Crippen LogP contribution in [-0.2, 0) is 4.79 Å². The van der Waals surface area contributed by atoms with E-state index in [1.807, 2.05) is 31.2 Å². The average Bonchev–Trinajstić information content (AvgIpc) is 2.82. The van der Waals surface area contributed by atoms with Crippen LogP contribution in [0.15, 0.2) is 67.0 Å². The van der Waals surface area contributed by atoms with Gasteiger partial charge in [0.25, 0.3) is 5.91 Å². The summed E-state index contributed by atoms with van der Waals surface area (Å²) in [4.78, 5) is 35.7. The van der Waals surface area contributed by atoms with Gasteiger partial charge in [0.2, 0.25) is 11.6 Å². The van der Waals surface area contributed by atoms with E-state index in [9.17, 15) is 14.9 Å². The minimum absolute atomic E-state index is 0.0527. The van der Waals surface area contributed by atoms with Crippen molar-refractivity contribution in [1.82, 2.24) is 20.4 Å². The van der Waals surface area contributed by atoms with Gasteiger partial charge in [-0.15, -0.1) is 0 Å². The molecule has 2 heterocycles. The number of rotatable bonds is 8. The Kier molecular flexibility index (Phi) is 6.21. The Bertz CT molecular complexity index is 1310. The molecule has 0 spiro atoms. The molecule has 0 radical (unpaired) electrons. The molecule has 0 saturated heterocycles. The Hall–Kier alpha value is -4.80. The minimum Gasteiger partial charge on any atom is -0.484 e. The van der Waals surface area contributed by atoms with E-state index in [0.29, 0.717) is 17.0 Å². The van der Waals surface area contributed by atoms with Gasteiger partial charge in [-0.05, 0) is 31.2 Å². The zero-order chi connectivity index (χ0) is 23.2. The number of nitro groups is 1. The fourth-order valence-electron chi connectivity index (χ4n) is 3.04. The fourth-order valence-corrected chi connectivity index (χ4v) is 3.04. The average molecular weight is 445 g/mol. The number of para-hydroxylation sites is 2. The summed E-state index contributed by atoms with van der Waals surface area (Å²) in [5.41, 5.74) is 6.37. The van der Waals surface area contributed by atoms with Gasteiger partial charge in [-0.3, -0.25) is 30.7 Å². The van der Waals surface area contributed by atoms with E-state index in [2.05, 4.69) is 31.1 Å². The summed E-state index contributed by atoms with van der Waals surface area (Å²) in [7, 11) is 0. The second-order valence-corrected chi connectivity index (χ2v) is 6.91. The number of carbonyl (C=O) groups is 1. The highest BCUT2D eigenvalue weighted by Crippen LogP contribution is 2.32. The van der Waals surface area contributed by atoms with E-state index in [0.717, 1.165) is 17.4 Å². The van der Waals surface area contributed by atoms with Crippen molar-refractivity contribution in [3.8, 4) is 5.75 Å². The van der Waals surface area contributed by atoms with Gasteiger partial charge in [0.15, 0.2) is 6.61 Å². The maximum absolute atomic E-state index is 12.1. The summed E-state index contributed by atoms with van der Waals surface area (Å²) in [5, 5.41) is 15.6. The zero-order valence-electron chi connectivity index (χ0n) is 17.5. The first-order valence-corrected chi connectivity index (χ1v) is 9.87. The molecule has 3 N–H and O–H groups in total. The van der Waals surface area contributed by atoms with Gasteiger partial charge in [0.05, 0.1) is 16.1 Å². The zero-order valence-corrected chi connectivity index (χ0v) is 17.5. The summed E-state index contributed by atoms with van der Waals surface area (Å²) in [6, 6.07) is 18.0. The van der Waals surface area contributed by atoms with Crippen molar-refractivity contribution in [2.24, 2.45) is 0 Å². The van der Waals surface area contributed by atoms with Crippen molar-refractivity contribution in [1.29, 1.82) is 0 Å². The molecule has 11 nitrogen and oxygen atoms in total. The van der Waals surface area contributed by atoms with E-state index < -0.39 is 16.5 Å². The molecule has 4 rings (SSSR count). The quantitative estimate of drug-likeness (QED) is 0.274. The van der Waals surface area contributed by atoms with Crippen LogP contribution >= 0.6 is 0 Å². The predicted molar refractivity (Wildman–Crippen MR) is 122 cm³/mol. The van der Waals surface area contributed by atoms with Gasteiger partial charge in [0, 0.05) is 11.1 Å². The predicted octanol–water partition coefficient (Wildman–Crippen LogP) is 3.51. The number of aromatic nitrogens is 3. The molecule has 0 bridgehead atoms. The number of hydrogen-bond acceptors (Lipinski definition) is 9. The lowest BCUT2D eigenvalue weighted by molar-refractivity contribution is -0.383. The second-order valence-electron chi connectivity index (χ2n) is 6.91. The van der Waals surface area contributed by atoms with Crippen molar-refractivity contribution in [3.05, 3.63) is 82.8 Å². The first-order chi connectivity index (χ1) is 16.0. The number of pyridine rings is 1. The molecule has 0 aliphatic heterocycles. The Morgan fingerprint density at radius 1 is 1.03 bits per heavy atom. The number of fused-ring (bicyclic) bond motifs is 1. The lowest BCUT2D eigenvalue weighted by Gasteiger charge is -2.12. The van der Waals surface area contributed by atoms with Gasteiger partial charge >= 0.3 is 5.69 Å². The van der Waals surface area contributed by atoms with Crippen LogP contribution in [0.4, 0.5) is 23.0 Å². The standard InChI is InChI=1S/C22H19N7O4/c1-14-10-11-15-6-5-9-17(19(15)25-14)26-21-20(29(31)32)22(24-13-23-21)28-27-18(30)12-33-16-7-3-2-4-8-16/h2-11,13H,12H2,1H3,(H,27,30)(H2,23,24,26,28). The summed E-state index contributed by atoms with van der Waals surface area (Å²) in [5.74, 6) is -0.265. The smallest absolute Gasteiger partial charge is 0.355 e. The molecule has 0 aliphatic rings. The Morgan fingerprint density at radius 2 is 1.82 bits per heavy atom. The van der Waals surface area contributed by atoms with Crippen LogP contribution in [0.3, 0.4) is 0 Å². The maximum Gasteiger partial charge on any atom is 0.355 e. The van der Waals surface area contributed by atoms with E-state index >= 15 is 0 Å². The van der Waals surface area contributed by atoms with Crippen molar-refractivity contribution in [2.75, 3.05) is 17.3 Å². The topological polar surface area (TPSA) is 144 Å². The Balaban J connectivity index is 1.52. The fraction of sp³-hybridized carbons (Fsp3) is 0.0909. The molecule has 33 heavy (non-hydrogen) atoms. The minimum atomic E-state index is -0.638. The summed E-state index contributed by atoms with van der Waals surface area (Å²) < 4.78 is 5.35. The highest BCUT2D eigenvalue weighted by molar-refractivity contribution is 5.93. The van der Waals surface area contributed by atoms with Crippen LogP contribution in [0.5, 0.6) is 5.75 Å². The molecule has 166 valence electrons. The summed E-state index contributed by atoms with van der Waals surface area (Å²) in [6.07, 6.45) is 1.15. The molecular formula is C22H19N7O4. The molecule has 1 amide bonds. The molecule has 0 aliphatic carbocycles. The van der Waals surface area contributed by atoms with Gasteiger partial charge < -0.3 is 10.1 Å². The molecule has 11 heteroatoms. The molecule has 0 atom stereocenters. The number of hydrogen-bond donors (Lipinski definition) is 3. The SMILES string of the molecule is Cc1ccc2cccc(Nc3ncnc(NNC(=O)COc4ccccc4)c3[N+](=O)[O-])c2n1. The van der Waals surface area contributed by atoms with Crippen molar-refractivity contribution in [2.45, 2.75) is 6.92 Å².